The van der Waals surface area contributed by atoms with E-state index in [9.17, 15) is 10.1 Å². The van der Waals surface area contributed by atoms with Crippen LogP contribution >= 0.6 is 0 Å². The summed E-state index contributed by atoms with van der Waals surface area (Å²) in [4.78, 5) is 23.7. The summed E-state index contributed by atoms with van der Waals surface area (Å²) in [6.07, 6.45) is 7.77. The highest BCUT2D eigenvalue weighted by atomic mass is 16.6. The summed E-state index contributed by atoms with van der Waals surface area (Å²) in [5, 5.41) is 11.7. The Morgan fingerprint density at radius 2 is 2.07 bits per heavy atom. The van der Waals surface area contributed by atoms with Gasteiger partial charge in [-0.05, 0) is 31.2 Å². The lowest BCUT2D eigenvalue weighted by Gasteiger charge is -2.34. The van der Waals surface area contributed by atoms with Gasteiger partial charge in [0.1, 0.15) is 12.1 Å². The Hall–Kier alpha value is -3.18. The molecule has 0 aliphatic carbocycles. The summed E-state index contributed by atoms with van der Waals surface area (Å²) in [5.74, 6) is 3.10. The van der Waals surface area contributed by atoms with E-state index in [0.717, 1.165) is 26.1 Å². The second-order valence-corrected chi connectivity index (χ2v) is 6.21. The van der Waals surface area contributed by atoms with E-state index in [0.29, 0.717) is 24.4 Å². The SMILES string of the molecule is C#Cc1cccc(Oc2ncnc(N3CCN(CCC)CC3)c2[N+](=O)[O-])c1. The minimum atomic E-state index is -0.492. The average molecular weight is 367 g/mol. The molecular weight excluding hydrogens is 346 g/mol. The predicted molar refractivity (Wildman–Crippen MR) is 102 cm³/mol. The van der Waals surface area contributed by atoms with Crippen molar-refractivity contribution < 1.29 is 9.66 Å². The van der Waals surface area contributed by atoms with Crippen LogP contribution in [0.25, 0.3) is 0 Å². The number of aromatic nitrogens is 2. The summed E-state index contributed by atoms with van der Waals surface area (Å²) in [6, 6.07) is 6.79. The zero-order chi connectivity index (χ0) is 19.2. The third-order valence-corrected chi connectivity index (χ3v) is 4.38. The van der Waals surface area contributed by atoms with Crippen molar-refractivity contribution in [1.82, 2.24) is 14.9 Å². The molecule has 0 amide bonds. The van der Waals surface area contributed by atoms with Crippen LogP contribution in [0.15, 0.2) is 30.6 Å². The van der Waals surface area contributed by atoms with Gasteiger partial charge >= 0.3 is 11.6 Å². The zero-order valence-corrected chi connectivity index (χ0v) is 15.2. The fourth-order valence-electron chi connectivity index (χ4n) is 3.08. The average Bonchev–Trinajstić information content (AvgIpc) is 2.68. The molecule has 140 valence electrons. The molecule has 8 heteroatoms. The van der Waals surface area contributed by atoms with E-state index in [1.165, 1.54) is 6.33 Å². The van der Waals surface area contributed by atoms with Gasteiger partial charge in [0, 0.05) is 31.7 Å². The van der Waals surface area contributed by atoms with Crippen LogP contribution in [0.3, 0.4) is 0 Å². The molecule has 0 spiro atoms. The van der Waals surface area contributed by atoms with Crippen LogP contribution in [0.2, 0.25) is 0 Å². The van der Waals surface area contributed by atoms with Gasteiger partial charge in [0.25, 0.3) is 0 Å². The van der Waals surface area contributed by atoms with Crippen LogP contribution in [-0.2, 0) is 0 Å². The van der Waals surface area contributed by atoms with Gasteiger partial charge in [0.15, 0.2) is 0 Å². The van der Waals surface area contributed by atoms with Gasteiger partial charge in [-0.2, -0.15) is 4.98 Å². The van der Waals surface area contributed by atoms with Crippen molar-refractivity contribution in [3.05, 3.63) is 46.3 Å². The Morgan fingerprint density at radius 1 is 1.30 bits per heavy atom. The summed E-state index contributed by atoms with van der Waals surface area (Å²) in [7, 11) is 0. The van der Waals surface area contributed by atoms with Crippen LogP contribution in [0.1, 0.15) is 18.9 Å². The highest BCUT2D eigenvalue weighted by Gasteiger charge is 2.30. The largest absolute Gasteiger partial charge is 0.434 e. The topological polar surface area (TPSA) is 84.6 Å². The fraction of sp³-hybridized carbons (Fsp3) is 0.368. The van der Waals surface area contributed by atoms with Gasteiger partial charge in [-0.3, -0.25) is 15.0 Å². The molecule has 3 rings (SSSR count). The number of nitrogens with zero attached hydrogens (tertiary/aromatic N) is 5. The molecule has 2 aromatic rings. The van der Waals surface area contributed by atoms with Crippen molar-refractivity contribution >= 4 is 11.5 Å². The Kier molecular flexibility index (Phi) is 5.84. The third-order valence-electron chi connectivity index (χ3n) is 4.38. The minimum absolute atomic E-state index is 0.0878. The Balaban J connectivity index is 1.87. The number of anilines is 1. The van der Waals surface area contributed by atoms with Gasteiger partial charge in [-0.15, -0.1) is 6.42 Å². The number of piperazine rings is 1. The minimum Gasteiger partial charge on any atom is -0.434 e. The zero-order valence-electron chi connectivity index (χ0n) is 15.2. The van der Waals surface area contributed by atoms with E-state index in [4.69, 9.17) is 11.2 Å². The van der Waals surface area contributed by atoms with Crippen molar-refractivity contribution in [2.45, 2.75) is 13.3 Å². The first-order valence-corrected chi connectivity index (χ1v) is 8.83. The normalized spacial score (nSPS) is 14.6. The van der Waals surface area contributed by atoms with E-state index in [-0.39, 0.29) is 17.4 Å². The lowest BCUT2D eigenvalue weighted by molar-refractivity contribution is -0.385. The number of terminal acetylenes is 1. The number of hydrogen-bond acceptors (Lipinski definition) is 7. The third kappa shape index (κ3) is 4.33. The maximum Gasteiger partial charge on any atom is 0.373 e. The summed E-state index contributed by atoms with van der Waals surface area (Å²) < 4.78 is 5.68. The second kappa shape index (κ2) is 8.47. The van der Waals surface area contributed by atoms with Gasteiger partial charge in [0.05, 0.1) is 4.92 Å². The van der Waals surface area contributed by atoms with E-state index in [1.807, 2.05) is 4.90 Å². The van der Waals surface area contributed by atoms with Crippen LogP contribution < -0.4 is 9.64 Å². The van der Waals surface area contributed by atoms with Crippen LogP contribution in [-0.4, -0.2) is 52.5 Å². The van der Waals surface area contributed by atoms with E-state index in [2.05, 4.69) is 27.7 Å². The number of nitro groups is 1. The molecule has 2 heterocycles. The monoisotopic (exact) mass is 367 g/mol. The van der Waals surface area contributed by atoms with E-state index >= 15 is 0 Å². The van der Waals surface area contributed by atoms with Crippen molar-refractivity contribution in [3.63, 3.8) is 0 Å². The number of rotatable bonds is 6. The molecule has 0 atom stereocenters. The molecule has 1 aliphatic heterocycles. The molecule has 1 aliphatic rings. The molecule has 0 saturated carbocycles. The van der Waals surface area contributed by atoms with Gasteiger partial charge in [0.2, 0.25) is 5.82 Å². The first kappa shape index (κ1) is 18.6. The van der Waals surface area contributed by atoms with Crippen LogP contribution in [0.5, 0.6) is 11.6 Å². The highest BCUT2D eigenvalue weighted by molar-refractivity contribution is 5.63. The number of benzene rings is 1. The van der Waals surface area contributed by atoms with Crippen molar-refractivity contribution in [2.24, 2.45) is 0 Å². The van der Waals surface area contributed by atoms with Crippen LogP contribution in [0.4, 0.5) is 11.5 Å². The molecule has 0 radical (unpaired) electrons. The second-order valence-electron chi connectivity index (χ2n) is 6.21. The molecule has 1 saturated heterocycles. The molecule has 0 unspecified atom stereocenters. The van der Waals surface area contributed by atoms with Gasteiger partial charge in [-0.1, -0.05) is 18.9 Å². The number of hydrogen-bond donors (Lipinski definition) is 0. The fourth-order valence-corrected chi connectivity index (χ4v) is 3.08. The molecule has 1 fully saturated rings. The van der Waals surface area contributed by atoms with Crippen molar-refractivity contribution in [1.29, 1.82) is 0 Å². The van der Waals surface area contributed by atoms with E-state index in [1.54, 1.807) is 24.3 Å². The highest BCUT2D eigenvalue weighted by Crippen LogP contribution is 2.36. The Bertz CT molecular complexity index is 857. The molecule has 1 aromatic carbocycles. The van der Waals surface area contributed by atoms with Gasteiger partial charge < -0.3 is 9.64 Å². The first-order valence-electron chi connectivity index (χ1n) is 8.83. The van der Waals surface area contributed by atoms with Crippen LogP contribution in [0, 0.1) is 22.5 Å². The maximum absolute atomic E-state index is 11.7. The molecule has 8 nitrogen and oxygen atoms in total. The smallest absolute Gasteiger partial charge is 0.373 e. The predicted octanol–water partition coefficient (Wildman–Crippen LogP) is 2.69. The van der Waals surface area contributed by atoms with Crippen molar-refractivity contribution in [3.8, 4) is 24.0 Å². The molecule has 1 aromatic heterocycles. The lowest BCUT2D eigenvalue weighted by atomic mass is 10.2. The Labute approximate surface area is 157 Å². The van der Waals surface area contributed by atoms with Gasteiger partial charge in [-0.25, -0.2) is 4.98 Å². The summed E-state index contributed by atoms with van der Waals surface area (Å²) in [6.45, 7) is 6.19. The standard InChI is InChI=1S/C19H21N5O3/c1-3-8-22-9-11-23(12-10-22)18-17(24(25)26)19(21-14-20-18)27-16-7-5-6-15(4-2)13-16/h2,5-7,13-14H,3,8-12H2,1H3. The number of ether oxygens (including phenoxy) is 1. The van der Waals surface area contributed by atoms with E-state index < -0.39 is 4.92 Å². The summed E-state index contributed by atoms with van der Waals surface area (Å²) in [5.41, 5.74) is 0.393. The quantitative estimate of drug-likeness (QED) is 0.441. The summed E-state index contributed by atoms with van der Waals surface area (Å²) >= 11 is 0. The molecule has 27 heavy (non-hydrogen) atoms. The maximum atomic E-state index is 11.7. The lowest BCUT2D eigenvalue weighted by Crippen LogP contribution is -2.47. The molecular formula is C19H21N5O3. The Morgan fingerprint density at radius 3 is 2.74 bits per heavy atom. The van der Waals surface area contributed by atoms with Crippen molar-refractivity contribution in [2.75, 3.05) is 37.6 Å². The molecule has 0 N–H and O–H groups in total. The first-order chi connectivity index (χ1) is 13.1. The molecule has 0 bridgehead atoms.